The topological polar surface area (TPSA) is 52.9 Å². The summed E-state index contributed by atoms with van der Waals surface area (Å²) in [5.74, 6) is -0.360. The van der Waals surface area contributed by atoms with Crippen LogP contribution in [0.5, 0.6) is 5.75 Å². The van der Waals surface area contributed by atoms with Gasteiger partial charge in [-0.3, -0.25) is 9.69 Å². The van der Waals surface area contributed by atoms with Crippen molar-refractivity contribution in [1.29, 1.82) is 0 Å². The molecule has 1 saturated heterocycles. The molecule has 4 nitrogen and oxygen atoms in total. The van der Waals surface area contributed by atoms with Crippen molar-refractivity contribution in [2.75, 3.05) is 0 Å². The number of thioether (sulfide) groups is 1. The Labute approximate surface area is 181 Å². The number of aromatic hydroxyl groups is 1. The Balaban J connectivity index is 1.72. The van der Waals surface area contributed by atoms with Crippen molar-refractivity contribution in [2.45, 2.75) is 38.1 Å². The highest BCUT2D eigenvalue weighted by molar-refractivity contribution is 9.10. The van der Waals surface area contributed by atoms with Crippen LogP contribution in [0.25, 0.3) is 6.08 Å². The fourth-order valence-corrected chi connectivity index (χ4v) is 5.08. The number of halogens is 2. The zero-order valence-electron chi connectivity index (χ0n) is 15.6. The Kier molecular flexibility index (Phi) is 6.06. The number of para-hydroxylation sites is 1. The summed E-state index contributed by atoms with van der Waals surface area (Å²) in [6.07, 6.45) is 6.99. The average molecular weight is 475 g/mol. The number of hydrogen-bond donors (Lipinski definition) is 1. The number of hydrogen-bond acceptors (Lipinski definition) is 4. The van der Waals surface area contributed by atoms with E-state index in [4.69, 9.17) is 0 Å². The van der Waals surface area contributed by atoms with Crippen molar-refractivity contribution in [3.63, 3.8) is 0 Å². The number of carbonyl (C=O) groups excluding carboxylic acids is 1. The van der Waals surface area contributed by atoms with E-state index in [0.29, 0.717) is 14.5 Å². The lowest BCUT2D eigenvalue weighted by atomic mass is 9.94. The smallest absolute Gasteiger partial charge is 0.267 e. The molecule has 0 atom stereocenters. The summed E-state index contributed by atoms with van der Waals surface area (Å²) in [5, 5.41) is 10.2. The summed E-state index contributed by atoms with van der Waals surface area (Å²) in [4.78, 5) is 20.0. The van der Waals surface area contributed by atoms with E-state index in [1.54, 1.807) is 47.4 Å². The first-order valence-corrected chi connectivity index (χ1v) is 11.2. The third kappa shape index (κ3) is 4.41. The molecular weight excluding hydrogens is 455 g/mol. The molecule has 2 fully saturated rings. The van der Waals surface area contributed by atoms with Gasteiger partial charge in [0, 0.05) is 6.04 Å². The Hall–Kier alpha value is -2.12. The summed E-state index contributed by atoms with van der Waals surface area (Å²) < 4.78 is 14.7. The van der Waals surface area contributed by atoms with E-state index in [0.717, 1.165) is 31.2 Å². The van der Waals surface area contributed by atoms with E-state index >= 15 is 0 Å². The summed E-state index contributed by atoms with van der Waals surface area (Å²) in [5.41, 5.74) is 1.03. The van der Waals surface area contributed by atoms with Gasteiger partial charge in [-0.15, -0.1) is 0 Å². The molecule has 0 unspecified atom stereocenters. The van der Waals surface area contributed by atoms with Crippen molar-refractivity contribution < 1.29 is 14.3 Å². The van der Waals surface area contributed by atoms with Crippen LogP contribution in [0, 0.1) is 5.82 Å². The maximum absolute atomic E-state index is 14.2. The third-order valence-corrected chi connectivity index (χ3v) is 6.73. The molecular formula is C22H20BrFN2O2S. The van der Waals surface area contributed by atoms with Crippen molar-refractivity contribution in [3.05, 3.63) is 63.2 Å². The normalized spacial score (nSPS) is 20.8. The van der Waals surface area contributed by atoms with Gasteiger partial charge in [-0.1, -0.05) is 37.5 Å². The van der Waals surface area contributed by atoms with Gasteiger partial charge in [0.25, 0.3) is 5.91 Å². The second-order valence-corrected chi connectivity index (χ2v) is 9.00. The number of rotatable bonds is 3. The number of phenolic OH excluding ortho intramolecular Hbond substituents is 1. The van der Waals surface area contributed by atoms with Gasteiger partial charge in [-0.25, -0.2) is 9.38 Å². The third-order valence-electron chi connectivity index (χ3n) is 5.11. The van der Waals surface area contributed by atoms with Crippen molar-refractivity contribution >= 4 is 50.5 Å². The molecule has 1 aliphatic carbocycles. The Bertz CT molecular complexity index is 1000. The minimum absolute atomic E-state index is 0.0896. The quantitative estimate of drug-likeness (QED) is 0.536. The molecule has 0 radical (unpaired) electrons. The fourth-order valence-electron chi connectivity index (χ4n) is 3.64. The first kappa shape index (κ1) is 20.2. The Morgan fingerprint density at radius 2 is 1.93 bits per heavy atom. The number of nitrogens with zero attached hydrogens (tertiary/aromatic N) is 2. The van der Waals surface area contributed by atoms with Crippen LogP contribution in [0.4, 0.5) is 10.1 Å². The maximum Gasteiger partial charge on any atom is 0.267 e. The van der Waals surface area contributed by atoms with Gasteiger partial charge in [0.1, 0.15) is 17.3 Å². The minimum atomic E-state index is -0.406. The lowest BCUT2D eigenvalue weighted by Gasteiger charge is -2.30. The van der Waals surface area contributed by atoms with Crippen LogP contribution in [-0.2, 0) is 4.79 Å². The summed E-state index contributed by atoms with van der Waals surface area (Å²) >= 11 is 4.57. The second kappa shape index (κ2) is 8.71. The Morgan fingerprint density at radius 1 is 1.17 bits per heavy atom. The van der Waals surface area contributed by atoms with Crippen molar-refractivity contribution in [1.82, 2.24) is 4.90 Å². The molecule has 150 valence electrons. The van der Waals surface area contributed by atoms with Crippen LogP contribution in [0.15, 0.2) is 56.8 Å². The molecule has 7 heteroatoms. The van der Waals surface area contributed by atoms with Crippen LogP contribution in [-0.4, -0.2) is 27.1 Å². The predicted octanol–water partition coefficient (Wildman–Crippen LogP) is 6.23. The molecule has 1 saturated carbocycles. The zero-order chi connectivity index (χ0) is 20.4. The van der Waals surface area contributed by atoms with Crippen molar-refractivity contribution in [2.24, 2.45) is 4.99 Å². The van der Waals surface area contributed by atoms with Gasteiger partial charge in [0.15, 0.2) is 5.17 Å². The maximum atomic E-state index is 14.2. The van der Waals surface area contributed by atoms with Crippen LogP contribution in [0.2, 0.25) is 0 Å². The van der Waals surface area contributed by atoms with Gasteiger partial charge < -0.3 is 5.11 Å². The molecule has 0 aromatic heterocycles. The van der Waals surface area contributed by atoms with E-state index in [1.165, 1.54) is 24.2 Å². The van der Waals surface area contributed by atoms with Gasteiger partial charge >= 0.3 is 0 Å². The summed E-state index contributed by atoms with van der Waals surface area (Å²) in [7, 11) is 0. The molecule has 1 amide bonds. The Morgan fingerprint density at radius 3 is 2.66 bits per heavy atom. The van der Waals surface area contributed by atoms with E-state index in [2.05, 4.69) is 20.9 Å². The molecule has 0 bridgehead atoms. The molecule has 2 aromatic rings. The number of aliphatic imine (C=N–C) groups is 1. The molecule has 1 heterocycles. The number of benzene rings is 2. The molecule has 4 rings (SSSR count). The molecule has 29 heavy (non-hydrogen) atoms. The minimum Gasteiger partial charge on any atom is -0.507 e. The average Bonchev–Trinajstić information content (AvgIpc) is 3.02. The molecule has 2 aliphatic rings. The summed E-state index contributed by atoms with van der Waals surface area (Å²) in [6.45, 7) is 0. The second-order valence-electron chi connectivity index (χ2n) is 7.13. The highest BCUT2D eigenvalue weighted by Gasteiger charge is 2.38. The molecule has 0 spiro atoms. The zero-order valence-corrected chi connectivity index (χ0v) is 18.0. The van der Waals surface area contributed by atoms with Gasteiger partial charge in [-0.05, 0) is 76.4 Å². The fraction of sp³-hybridized carbons (Fsp3) is 0.273. The lowest BCUT2D eigenvalue weighted by molar-refractivity contribution is -0.124. The van der Waals surface area contributed by atoms with Crippen LogP contribution < -0.4 is 0 Å². The lowest BCUT2D eigenvalue weighted by Crippen LogP contribution is -2.40. The first-order valence-electron chi connectivity index (χ1n) is 9.58. The first-order chi connectivity index (χ1) is 14.0. The summed E-state index contributed by atoms with van der Waals surface area (Å²) in [6, 6.07) is 11.5. The van der Waals surface area contributed by atoms with Crippen LogP contribution >= 0.6 is 27.7 Å². The molecule has 2 aromatic carbocycles. The van der Waals surface area contributed by atoms with Gasteiger partial charge in [-0.2, -0.15) is 0 Å². The van der Waals surface area contributed by atoms with E-state index in [1.807, 2.05) is 0 Å². The number of amidine groups is 1. The van der Waals surface area contributed by atoms with Gasteiger partial charge in [0.05, 0.1) is 9.38 Å². The number of carbonyl (C=O) groups is 1. The van der Waals surface area contributed by atoms with Crippen LogP contribution in [0.3, 0.4) is 0 Å². The molecule has 1 N–H and O–H groups in total. The number of amides is 1. The van der Waals surface area contributed by atoms with Crippen LogP contribution in [0.1, 0.15) is 37.7 Å². The SMILES string of the molecule is O=C1/C(=C/c2ccc(O)c(Br)c2)SC(=Nc2ccccc2F)N1C1CCCCC1. The molecule has 1 aliphatic heterocycles. The van der Waals surface area contributed by atoms with Crippen molar-refractivity contribution in [3.8, 4) is 5.75 Å². The van der Waals surface area contributed by atoms with E-state index < -0.39 is 5.82 Å². The predicted molar refractivity (Wildman–Crippen MR) is 119 cm³/mol. The standard InChI is InChI=1S/C22H20BrFN2O2S/c23-16-12-14(10-11-19(16)27)13-20-21(28)26(15-6-2-1-3-7-15)22(29-20)25-18-9-5-4-8-17(18)24/h4-5,8-13,15,27H,1-3,6-7H2/b20-13-,25-22?. The highest BCUT2D eigenvalue weighted by atomic mass is 79.9. The largest absolute Gasteiger partial charge is 0.507 e. The highest BCUT2D eigenvalue weighted by Crippen LogP contribution is 2.39. The van der Waals surface area contributed by atoms with E-state index in [-0.39, 0.29) is 23.4 Å². The number of phenols is 1. The van der Waals surface area contributed by atoms with E-state index in [9.17, 15) is 14.3 Å². The van der Waals surface area contributed by atoms with Gasteiger partial charge in [0.2, 0.25) is 0 Å². The monoisotopic (exact) mass is 474 g/mol.